The third-order valence-corrected chi connectivity index (χ3v) is 2.51. The average molecular weight is 224 g/mol. The molecule has 90 valence electrons. The van der Waals surface area contributed by atoms with Crippen LogP contribution in [-0.4, -0.2) is 34.4 Å². The van der Waals surface area contributed by atoms with Crippen molar-refractivity contribution in [2.75, 3.05) is 18.1 Å². The SMILES string of the molecule is CC(C)N(CCO)c1ccc([C@H](C)O)cn1. The number of hydrogen-bond acceptors (Lipinski definition) is 4. The number of anilines is 1. The highest BCUT2D eigenvalue weighted by atomic mass is 16.3. The van der Waals surface area contributed by atoms with Gasteiger partial charge in [-0.3, -0.25) is 0 Å². The first-order chi connectivity index (χ1) is 7.56. The van der Waals surface area contributed by atoms with Gasteiger partial charge in [-0.2, -0.15) is 0 Å². The molecule has 0 fully saturated rings. The van der Waals surface area contributed by atoms with Crippen LogP contribution in [0.2, 0.25) is 0 Å². The Hall–Kier alpha value is -1.13. The predicted octanol–water partition coefficient (Wildman–Crippen LogP) is 1.34. The zero-order valence-electron chi connectivity index (χ0n) is 10.1. The first-order valence-corrected chi connectivity index (χ1v) is 5.57. The van der Waals surface area contributed by atoms with Gasteiger partial charge in [-0.25, -0.2) is 4.98 Å². The van der Waals surface area contributed by atoms with Crippen molar-refractivity contribution in [3.63, 3.8) is 0 Å². The first-order valence-electron chi connectivity index (χ1n) is 5.57. The first kappa shape index (κ1) is 12.9. The summed E-state index contributed by atoms with van der Waals surface area (Å²) in [5.41, 5.74) is 0.802. The molecule has 0 amide bonds. The molecule has 1 atom stereocenters. The molecule has 0 spiro atoms. The van der Waals surface area contributed by atoms with Crippen LogP contribution in [0.25, 0.3) is 0 Å². The highest BCUT2D eigenvalue weighted by molar-refractivity contribution is 5.40. The minimum atomic E-state index is -0.494. The van der Waals surface area contributed by atoms with Gasteiger partial charge in [0, 0.05) is 18.8 Å². The molecule has 16 heavy (non-hydrogen) atoms. The van der Waals surface area contributed by atoms with Gasteiger partial charge in [0.2, 0.25) is 0 Å². The van der Waals surface area contributed by atoms with Gasteiger partial charge in [-0.05, 0) is 32.4 Å². The summed E-state index contributed by atoms with van der Waals surface area (Å²) in [6.45, 7) is 6.50. The normalized spacial score (nSPS) is 12.9. The summed E-state index contributed by atoms with van der Waals surface area (Å²) < 4.78 is 0. The summed E-state index contributed by atoms with van der Waals surface area (Å²) in [6.07, 6.45) is 1.18. The molecule has 1 aromatic rings. The quantitative estimate of drug-likeness (QED) is 0.792. The molecule has 4 nitrogen and oxygen atoms in total. The zero-order chi connectivity index (χ0) is 12.1. The van der Waals surface area contributed by atoms with E-state index in [0.717, 1.165) is 11.4 Å². The Bertz CT molecular complexity index is 309. The van der Waals surface area contributed by atoms with Crippen LogP contribution in [0.5, 0.6) is 0 Å². The van der Waals surface area contributed by atoms with Crippen molar-refractivity contribution in [1.82, 2.24) is 4.98 Å². The van der Waals surface area contributed by atoms with E-state index in [9.17, 15) is 5.11 Å². The summed E-state index contributed by atoms with van der Waals surface area (Å²) in [6, 6.07) is 4.02. The maximum absolute atomic E-state index is 9.37. The van der Waals surface area contributed by atoms with Gasteiger partial charge in [0.1, 0.15) is 5.82 Å². The molecule has 2 N–H and O–H groups in total. The summed E-state index contributed by atoms with van der Waals surface area (Å²) >= 11 is 0. The van der Waals surface area contributed by atoms with E-state index in [4.69, 9.17) is 5.11 Å². The number of hydrogen-bond donors (Lipinski definition) is 2. The Kier molecular flexibility index (Phi) is 4.71. The number of pyridine rings is 1. The Labute approximate surface area is 96.6 Å². The fraction of sp³-hybridized carbons (Fsp3) is 0.583. The second kappa shape index (κ2) is 5.82. The number of aromatic nitrogens is 1. The van der Waals surface area contributed by atoms with Crippen LogP contribution in [-0.2, 0) is 0 Å². The van der Waals surface area contributed by atoms with Gasteiger partial charge in [-0.1, -0.05) is 6.07 Å². The molecular weight excluding hydrogens is 204 g/mol. The fourth-order valence-corrected chi connectivity index (χ4v) is 1.56. The summed E-state index contributed by atoms with van der Waals surface area (Å²) in [5.74, 6) is 0.827. The van der Waals surface area contributed by atoms with E-state index in [1.807, 2.05) is 17.0 Å². The van der Waals surface area contributed by atoms with E-state index in [2.05, 4.69) is 18.8 Å². The minimum Gasteiger partial charge on any atom is -0.395 e. The van der Waals surface area contributed by atoms with E-state index in [1.54, 1.807) is 13.1 Å². The molecule has 0 saturated heterocycles. The van der Waals surface area contributed by atoms with E-state index in [-0.39, 0.29) is 12.6 Å². The maximum Gasteiger partial charge on any atom is 0.128 e. The molecular formula is C12H20N2O2. The molecule has 0 aliphatic heterocycles. The van der Waals surface area contributed by atoms with E-state index >= 15 is 0 Å². The lowest BCUT2D eigenvalue weighted by Gasteiger charge is -2.27. The largest absolute Gasteiger partial charge is 0.395 e. The summed E-state index contributed by atoms with van der Waals surface area (Å²) in [5, 5.41) is 18.4. The molecule has 0 bridgehead atoms. The number of nitrogens with zero attached hydrogens (tertiary/aromatic N) is 2. The Balaban J connectivity index is 2.85. The predicted molar refractivity (Wildman–Crippen MR) is 64.4 cm³/mol. The lowest BCUT2D eigenvalue weighted by molar-refractivity contribution is 0.199. The molecule has 0 unspecified atom stereocenters. The molecule has 1 aromatic heterocycles. The highest BCUT2D eigenvalue weighted by Crippen LogP contribution is 2.17. The molecule has 0 aliphatic carbocycles. The number of rotatable bonds is 5. The monoisotopic (exact) mass is 224 g/mol. The Morgan fingerprint density at radius 1 is 1.31 bits per heavy atom. The second-order valence-corrected chi connectivity index (χ2v) is 4.14. The fourth-order valence-electron chi connectivity index (χ4n) is 1.56. The standard InChI is InChI=1S/C12H20N2O2/c1-9(2)14(6-7-15)12-5-4-11(8-13-12)10(3)16/h4-5,8-10,15-16H,6-7H2,1-3H3/t10-/m0/s1. The summed E-state index contributed by atoms with van der Waals surface area (Å²) in [7, 11) is 0. The van der Waals surface area contributed by atoms with Gasteiger partial charge in [-0.15, -0.1) is 0 Å². The van der Waals surface area contributed by atoms with Crippen LogP contribution < -0.4 is 4.90 Å². The summed E-state index contributed by atoms with van der Waals surface area (Å²) in [4.78, 5) is 6.31. The molecule has 1 rings (SSSR count). The Morgan fingerprint density at radius 3 is 2.38 bits per heavy atom. The van der Waals surface area contributed by atoms with Crippen molar-refractivity contribution in [3.05, 3.63) is 23.9 Å². The molecule has 1 heterocycles. The Morgan fingerprint density at radius 2 is 2.00 bits per heavy atom. The van der Waals surface area contributed by atoms with Crippen LogP contribution in [0.4, 0.5) is 5.82 Å². The molecule has 0 radical (unpaired) electrons. The third kappa shape index (κ3) is 3.18. The van der Waals surface area contributed by atoms with E-state index < -0.39 is 6.10 Å². The maximum atomic E-state index is 9.37. The second-order valence-electron chi connectivity index (χ2n) is 4.14. The molecule has 4 heteroatoms. The van der Waals surface area contributed by atoms with Crippen molar-refractivity contribution in [2.45, 2.75) is 32.9 Å². The topological polar surface area (TPSA) is 56.6 Å². The van der Waals surface area contributed by atoms with Crippen LogP contribution in [0.15, 0.2) is 18.3 Å². The van der Waals surface area contributed by atoms with Gasteiger partial charge in [0.05, 0.1) is 12.7 Å². The van der Waals surface area contributed by atoms with Gasteiger partial charge < -0.3 is 15.1 Å². The van der Waals surface area contributed by atoms with Crippen LogP contribution in [0.1, 0.15) is 32.4 Å². The van der Waals surface area contributed by atoms with Crippen molar-refractivity contribution in [1.29, 1.82) is 0 Å². The molecule has 0 aliphatic rings. The third-order valence-electron chi connectivity index (χ3n) is 2.51. The molecule has 0 aromatic carbocycles. The average Bonchev–Trinajstić information content (AvgIpc) is 2.25. The van der Waals surface area contributed by atoms with Crippen molar-refractivity contribution < 1.29 is 10.2 Å². The zero-order valence-corrected chi connectivity index (χ0v) is 10.1. The van der Waals surface area contributed by atoms with E-state index in [1.165, 1.54) is 0 Å². The highest BCUT2D eigenvalue weighted by Gasteiger charge is 2.11. The van der Waals surface area contributed by atoms with Crippen LogP contribution >= 0.6 is 0 Å². The molecule has 0 saturated carbocycles. The lowest BCUT2D eigenvalue weighted by atomic mass is 10.2. The van der Waals surface area contributed by atoms with Crippen LogP contribution in [0, 0.1) is 0 Å². The lowest BCUT2D eigenvalue weighted by Crippen LogP contribution is -2.34. The van der Waals surface area contributed by atoms with Crippen molar-refractivity contribution in [2.24, 2.45) is 0 Å². The van der Waals surface area contributed by atoms with Crippen molar-refractivity contribution in [3.8, 4) is 0 Å². The minimum absolute atomic E-state index is 0.109. The number of aliphatic hydroxyl groups excluding tert-OH is 2. The smallest absolute Gasteiger partial charge is 0.128 e. The van der Waals surface area contributed by atoms with Gasteiger partial charge in [0.15, 0.2) is 0 Å². The van der Waals surface area contributed by atoms with Gasteiger partial charge >= 0.3 is 0 Å². The van der Waals surface area contributed by atoms with Gasteiger partial charge in [0.25, 0.3) is 0 Å². The number of aliphatic hydroxyl groups is 2. The van der Waals surface area contributed by atoms with Crippen molar-refractivity contribution >= 4 is 5.82 Å². The van der Waals surface area contributed by atoms with E-state index in [0.29, 0.717) is 6.54 Å². The van der Waals surface area contributed by atoms with Crippen LogP contribution in [0.3, 0.4) is 0 Å².